The molecule has 0 aliphatic heterocycles. The van der Waals surface area contributed by atoms with E-state index in [2.05, 4.69) is 216 Å². The Bertz CT molecular complexity index is 3520. The Morgan fingerprint density at radius 2 is 1.02 bits per heavy atom. The molecule has 0 spiro atoms. The second-order valence-corrected chi connectivity index (χ2v) is 16.0. The minimum Gasteiger partial charge on any atom is -0.310 e. The van der Waals surface area contributed by atoms with E-state index in [4.69, 9.17) is 0 Å². The molecule has 266 valence electrons. The van der Waals surface area contributed by atoms with E-state index >= 15 is 0 Å². The maximum Gasteiger partial charge on any atom is 0.0561 e. The molecule has 0 amide bonds. The first-order valence-electron chi connectivity index (χ1n) is 19.5. The SMILES string of the molecule is c1ccc(-n2c3cc(N(c4ccc(-c5cccc6ccccc56)cc4)c4cccc5sc6c7ccccc7ccc6c45)ccc3c3cc4ccccc4cc32)cc1. The van der Waals surface area contributed by atoms with Gasteiger partial charge in [-0.1, -0.05) is 146 Å². The highest BCUT2D eigenvalue weighted by Crippen LogP contribution is 2.48. The predicted octanol–water partition coefficient (Wildman–Crippen LogP) is 15.7. The number of hydrogen-bond acceptors (Lipinski definition) is 2. The van der Waals surface area contributed by atoms with Gasteiger partial charge >= 0.3 is 0 Å². The highest BCUT2D eigenvalue weighted by Gasteiger charge is 2.22. The van der Waals surface area contributed by atoms with Crippen LogP contribution < -0.4 is 4.90 Å². The summed E-state index contributed by atoms with van der Waals surface area (Å²) in [5.41, 5.74) is 9.36. The van der Waals surface area contributed by atoms with Crippen molar-refractivity contribution >= 4 is 103 Å². The first-order valence-corrected chi connectivity index (χ1v) is 20.3. The van der Waals surface area contributed by atoms with E-state index in [0.717, 1.165) is 17.1 Å². The molecule has 2 aromatic heterocycles. The Hall–Kier alpha value is -7.20. The van der Waals surface area contributed by atoms with Gasteiger partial charge in [0.1, 0.15) is 0 Å². The van der Waals surface area contributed by atoms with Gasteiger partial charge in [0.25, 0.3) is 0 Å². The number of anilines is 3. The number of hydrogen-bond donors (Lipinski definition) is 0. The maximum atomic E-state index is 2.47. The van der Waals surface area contributed by atoms with Gasteiger partial charge in [0.2, 0.25) is 0 Å². The molecule has 0 saturated heterocycles. The van der Waals surface area contributed by atoms with Crippen LogP contribution in [0.4, 0.5) is 17.1 Å². The average Bonchev–Trinajstić information content (AvgIpc) is 3.82. The molecule has 3 heteroatoms. The first-order chi connectivity index (χ1) is 28.3. The number of aromatic nitrogens is 1. The van der Waals surface area contributed by atoms with Crippen molar-refractivity contribution in [1.29, 1.82) is 0 Å². The summed E-state index contributed by atoms with van der Waals surface area (Å²) in [6.07, 6.45) is 0. The average molecular weight is 743 g/mol. The quantitative estimate of drug-likeness (QED) is 0.170. The molecule has 0 atom stereocenters. The third-order valence-electron chi connectivity index (χ3n) is 11.7. The highest BCUT2D eigenvalue weighted by molar-refractivity contribution is 7.26. The van der Waals surface area contributed by atoms with E-state index in [9.17, 15) is 0 Å². The summed E-state index contributed by atoms with van der Waals surface area (Å²) in [5.74, 6) is 0. The van der Waals surface area contributed by atoms with Crippen molar-refractivity contribution in [3.8, 4) is 16.8 Å². The number of nitrogens with zero attached hydrogens (tertiary/aromatic N) is 2. The van der Waals surface area contributed by atoms with Crippen molar-refractivity contribution in [2.45, 2.75) is 0 Å². The number of thiophene rings is 1. The molecule has 2 nitrogen and oxygen atoms in total. The van der Waals surface area contributed by atoms with Gasteiger partial charge in [0, 0.05) is 48.0 Å². The van der Waals surface area contributed by atoms with Crippen molar-refractivity contribution < 1.29 is 0 Å². The van der Waals surface area contributed by atoms with E-state index in [-0.39, 0.29) is 0 Å². The molecular weight excluding hydrogens is 709 g/mol. The summed E-state index contributed by atoms with van der Waals surface area (Å²) in [4.78, 5) is 2.47. The highest BCUT2D eigenvalue weighted by atomic mass is 32.1. The van der Waals surface area contributed by atoms with E-state index < -0.39 is 0 Å². The van der Waals surface area contributed by atoms with Gasteiger partial charge in [-0.25, -0.2) is 0 Å². The van der Waals surface area contributed by atoms with Crippen LogP contribution >= 0.6 is 11.3 Å². The van der Waals surface area contributed by atoms with Crippen LogP contribution in [0.15, 0.2) is 206 Å². The second-order valence-electron chi connectivity index (χ2n) is 14.9. The van der Waals surface area contributed by atoms with E-state index in [1.54, 1.807) is 0 Å². The third kappa shape index (κ3) is 5.03. The lowest BCUT2D eigenvalue weighted by Crippen LogP contribution is -2.10. The van der Waals surface area contributed by atoms with Crippen LogP contribution in [0.2, 0.25) is 0 Å². The summed E-state index contributed by atoms with van der Waals surface area (Å²) >= 11 is 1.89. The fraction of sp³-hybridized carbons (Fsp3) is 0. The molecular formula is C54H34N2S. The van der Waals surface area contributed by atoms with Gasteiger partial charge in [-0.05, 0) is 104 Å². The smallest absolute Gasteiger partial charge is 0.0561 e. The molecule has 0 bridgehead atoms. The Morgan fingerprint density at radius 3 is 1.84 bits per heavy atom. The second kappa shape index (κ2) is 12.7. The van der Waals surface area contributed by atoms with Crippen LogP contribution in [0, 0.1) is 0 Å². The monoisotopic (exact) mass is 742 g/mol. The Labute approximate surface area is 333 Å². The summed E-state index contributed by atoms with van der Waals surface area (Å²) in [7, 11) is 0. The molecule has 0 unspecified atom stereocenters. The van der Waals surface area contributed by atoms with Gasteiger partial charge in [-0.15, -0.1) is 11.3 Å². The zero-order valence-corrected chi connectivity index (χ0v) is 31.7. The largest absolute Gasteiger partial charge is 0.310 e. The lowest BCUT2D eigenvalue weighted by Gasteiger charge is -2.27. The Balaban J connectivity index is 1.13. The van der Waals surface area contributed by atoms with E-state index in [0.29, 0.717) is 0 Å². The number of rotatable bonds is 5. The minimum absolute atomic E-state index is 1.11. The molecule has 10 aromatic carbocycles. The minimum atomic E-state index is 1.11. The fourth-order valence-electron chi connectivity index (χ4n) is 9.10. The molecule has 0 saturated carbocycles. The van der Waals surface area contributed by atoms with Crippen LogP contribution in [0.1, 0.15) is 0 Å². The summed E-state index contributed by atoms with van der Waals surface area (Å²) in [6.45, 7) is 0. The van der Waals surface area contributed by atoms with Crippen LogP contribution in [-0.2, 0) is 0 Å². The molecule has 0 fully saturated rings. The van der Waals surface area contributed by atoms with Crippen LogP contribution in [0.3, 0.4) is 0 Å². The molecule has 0 radical (unpaired) electrons. The van der Waals surface area contributed by atoms with Gasteiger partial charge in [0.15, 0.2) is 0 Å². The number of para-hydroxylation sites is 1. The van der Waals surface area contributed by atoms with Crippen molar-refractivity contribution in [3.05, 3.63) is 206 Å². The zero-order chi connectivity index (χ0) is 37.5. The van der Waals surface area contributed by atoms with Crippen molar-refractivity contribution in [2.24, 2.45) is 0 Å². The van der Waals surface area contributed by atoms with Crippen molar-refractivity contribution in [3.63, 3.8) is 0 Å². The number of fused-ring (bicyclic) bond motifs is 10. The lowest BCUT2D eigenvalue weighted by atomic mass is 9.98. The summed E-state index contributed by atoms with van der Waals surface area (Å²) in [5, 5.41) is 12.6. The van der Waals surface area contributed by atoms with Gasteiger partial charge in [0.05, 0.1) is 16.7 Å². The Morgan fingerprint density at radius 1 is 0.386 bits per heavy atom. The molecule has 0 N–H and O–H groups in total. The molecule has 0 aliphatic carbocycles. The van der Waals surface area contributed by atoms with Crippen LogP contribution in [-0.4, -0.2) is 4.57 Å². The molecule has 2 heterocycles. The van der Waals surface area contributed by atoms with Gasteiger partial charge < -0.3 is 9.47 Å². The molecule has 0 aliphatic rings. The van der Waals surface area contributed by atoms with Crippen molar-refractivity contribution in [2.75, 3.05) is 4.90 Å². The zero-order valence-electron chi connectivity index (χ0n) is 30.9. The standard InChI is InChI=1S/C54H34N2S/c1-2-17-40(18-3-1)56-50-33-39-15-5-4-14-38(39)32-48(50)46-31-29-42(34-51(46)56)55(41-27-24-37(25-28-41)44-21-10-16-35-12-6-8-19-43(35)44)49-22-11-23-52-53(49)47-30-26-36-13-7-9-20-45(36)54(47)57-52/h1-34H. The van der Waals surface area contributed by atoms with Gasteiger partial charge in [-0.3, -0.25) is 0 Å². The third-order valence-corrected chi connectivity index (χ3v) is 12.9. The topological polar surface area (TPSA) is 8.17 Å². The van der Waals surface area contributed by atoms with Crippen molar-refractivity contribution in [1.82, 2.24) is 4.57 Å². The van der Waals surface area contributed by atoms with Crippen LogP contribution in [0.25, 0.3) is 91.1 Å². The van der Waals surface area contributed by atoms with E-state index in [1.807, 2.05) is 11.3 Å². The lowest BCUT2D eigenvalue weighted by molar-refractivity contribution is 1.18. The molecule has 12 aromatic rings. The molecule has 57 heavy (non-hydrogen) atoms. The number of benzene rings is 10. The Kier molecular flexibility index (Phi) is 7.13. The van der Waals surface area contributed by atoms with E-state index in [1.165, 1.54) is 91.1 Å². The fourth-order valence-corrected chi connectivity index (χ4v) is 10.4. The predicted molar refractivity (Wildman–Crippen MR) is 246 cm³/mol. The van der Waals surface area contributed by atoms with Crippen LogP contribution in [0.5, 0.6) is 0 Å². The molecule has 12 rings (SSSR count). The normalized spacial score (nSPS) is 11.9. The maximum absolute atomic E-state index is 2.47. The first kappa shape index (κ1) is 32.1. The summed E-state index contributed by atoms with van der Waals surface area (Å²) in [6, 6.07) is 75.8. The van der Waals surface area contributed by atoms with Gasteiger partial charge in [-0.2, -0.15) is 0 Å². The summed E-state index contributed by atoms with van der Waals surface area (Å²) < 4.78 is 5.05.